The lowest BCUT2D eigenvalue weighted by Gasteiger charge is -2.26. The van der Waals surface area contributed by atoms with Gasteiger partial charge in [-0.05, 0) is 32.1 Å². The van der Waals surface area contributed by atoms with Crippen molar-refractivity contribution in [2.24, 2.45) is 11.7 Å². The molecule has 2 unspecified atom stereocenters. The second-order valence-corrected chi connectivity index (χ2v) is 5.58. The maximum Gasteiger partial charge on any atom is 0.349 e. The Morgan fingerprint density at radius 3 is 3.20 bits per heavy atom. The van der Waals surface area contributed by atoms with Crippen LogP contribution in [0.3, 0.4) is 0 Å². The van der Waals surface area contributed by atoms with Crippen LogP contribution in [0.1, 0.15) is 31.5 Å². The summed E-state index contributed by atoms with van der Waals surface area (Å²) in [6, 6.07) is 2.12. The molecular formula is C13H20N6O. The Balaban J connectivity index is 1.73. The Kier molecular flexibility index (Phi) is 3.43. The molecule has 0 saturated heterocycles. The molecule has 0 spiro atoms. The van der Waals surface area contributed by atoms with Gasteiger partial charge in [0.1, 0.15) is 11.6 Å². The SMILES string of the molecule is Cc1nc(NCC2CCCC(N)C2)cc2n[nH]c(=O)n12. The zero-order chi connectivity index (χ0) is 14.1. The first kappa shape index (κ1) is 13.1. The average Bonchev–Trinajstić information content (AvgIpc) is 2.79. The summed E-state index contributed by atoms with van der Waals surface area (Å²) in [5, 5.41) is 9.74. The number of H-pyrrole nitrogens is 1. The molecule has 2 heterocycles. The van der Waals surface area contributed by atoms with Crippen molar-refractivity contribution < 1.29 is 0 Å². The zero-order valence-corrected chi connectivity index (χ0v) is 11.6. The third kappa shape index (κ3) is 2.53. The van der Waals surface area contributed by atoms with Crippen molar-refractivity contribution in [2.45, 2.75) is 38.6 Å². The van der Waals surface area contributed by atoms with Crippen LogP contribution in [0.25, 0.3) is 5.65 Å². The van der Waals surface area contributed by atoms with Crippen molar-refractivity contribution in [2.75, 3.05) is 11.9 Å². The van der Waals surface area contributed by atoms with Crippen LogP contribution in [0.15, 0.2) is 10.9 Å². The molecule has 1 aliphatic rings. The fourth-order valence-electron chi connectivity index (χ4n) is 2.96. The smallest absolute Gasteiger partial charge is 0.349 e. The molecule has 1 saturated carbocycles. The van der Waals surface area contributed by atoms with Gasteiger partial charge in [0.15, 0.2) is 5.65 Å². The van der Waals surface area contributed by atoms with E-state index < -0.39 is 0 Å². The van der Waals surface area contributed by atoms with E-state index in [4.69, 9.17) is 5.73 Å². The summed E-state index contributed by atoms with van der Waals surface area (Å²) in [6.07, 6.45) is 4.61. The lowest BCUT2D eigenvalue weighted by molar-refractivity contribution is 0.335. The number of nitrogens with one attached hydrogen (secondary N) is 2. The molecule has 20 heavy (non-hydrogen) atoms. The maximum atomic E-state index is 11.5. The highest BCUT2D eigenvalue weighted by atomic mass is 16.1. The largest absolute Gasteiger partial charge is 0.370 e. The molecule has 0 radical (unpaired) electrons. The molecule has 2 aromatic rings. The van der Waals surface area contributed by atoms with Crippen molar-refractivity contribution >= 4 is 11.5 Å². The number of fused-ring (bicyclic) bond motifs is 1. The average molecular weight is 276 g/mol. The first-order chi connectivity index (χ1) is 9.63. The van der Waals surface area contributed by atoms with Crippen LogP contribution in [0, 0.1) is 12.8 Å². The Morgan fingerprint density at radius 1 is 1.55 bits per heavy atom. The van der Waals surface area contributed by atoms with Gasteiger partial charge in [0.05, 0.1) is 0 Å². The molecule has 4 N–H and O–H groups in total. The highest BCUT2D eigenvalue weighted by Crippen LogP contribution is 2.23. The highest BCUT2D eigenvalue weighted by Gasteiger charge is 2.19. The third-order valence-electron chi connectivity index (χ3n) is 3.97. The predicted octanol–water partition coefficient (Wildman–Crippen LogP) is 0.655. The minimum Gasteiger partial charge on any atom is -0.370 e. The van der Waals surface area contributed by atoms with Gasteiger partial charge >= 0.3 is 5.69 Å². The van der Waals surface area contributed by atoms with Gasteiger partial charge in [0.2, 0.25) is 0 Å². The van der Waals surface area contributed by atoms with Crippen LogP contribution in [-0.2, 0) is 0 Å². The lowest BCUT2D eigenvalue weighted by Crippen LogP contribution is -2.31. The standard InChI is InChI=1S/C13H20N6O/c1-8-16-11(6-12-17-18-13(20)19(8)12)15-7-9-3-2-4-10(14)5-9/h6,9-10,15H,2-5,7,14H2,1H3,(H,18,20). The third-order valence-corrected chi connectivity index (χ3v) is 3.97. The van der Waals surface area contributed by atoms with Crippen LogP contribution in [0.4, 0.5) is 5.82 Å². The molecule has 2 aromatic heterocycles. The quantitative estimate of drug-likeness (QED) is 0.764. The number of hydrogen-bond donors (Lipinski definition) is 3. The van der Waals surface area contributed by atoms with Gasteiger partial charge in [-0.2, -0.15) is 5.10 Å². The van der Waals surface area contributed by atoms with Gasteiger partial charge in [-0.3, -0.25) is 0 Å². The number of aryl methyl sites for hydroxylation is 1. The molecule has 108 valence electrons. The zero-order valence-electron chi connectivity index (χ0n) is 11.6. The molecule has 0 bridgehead atoms. The fraction of sp³-hybridized carbons (Fsp3) is 0.615. The van der Waals surface area contributed by atoms with E-state index in [-0.39, 0.29) is 5.69 Å². The molecule has 0 aromatic carbocycles. The normalized spacial score (nSPS) is 23.1. The molecular weight excluding hydrogens is 256 g/mol. The molecule has 7 heteroatoms. The number of aromatic amines is 1. The molecule has 0 amide bonds. The summed E-state index contributed by atoms with van der Waals surface area (Å²) >= 11 is 0. The second-order valence-electron chi connectivity index (χ2n) is 5.58. The van der Waals surface area contributed by atoms with Gasteiger partial charge in [-0.25, -0.2) is 19.3 Å². The summed E-state index contributed by atoms with van der Waals surface area (Å²) in [7, 11) is 0. The van der Waals surface area contributed by atoms with Crippen molar-refractivity contribution in [3.05, 3.63) is 22.4 Å². The summed E-state index contributed by atoms with van der Waals surface area (Å²) in [6.45, 7) is 2.66. The summed E-state index contributed by atoms with van der Waals surface area (Å²) in [4.78, 5) is 15.9. The van der Waals surface area contributed by atoms with E-state index in [9.17, 15) is 4.79 Å². The van der Waals surface area contributed by atoms with Crippen molar-refractivity contribution in [3.63, 3.8) is 0 Å². The Hall–Kier alpha value is -1.89. The number of nitrogens with two attached hydrogens (primary N) is 1. The van der Waals surface area contributed by atoms with E-state index in [2.05, 4.69) is 20.5 Å². The minimum atomic E-state index is -0.255. The molecule has 1 fully saturated rings. The van der Waals surface area contributed by atoms with Gasteiger partial charge in [0, 0.05) is 18.7 Å². The van der Waals surface area contributed by atoms with Gasteiger partial charge < -0.3 is 11.1 Å². The lowest BCUT2D eigenvalue weighted by atomic mass is 9.86. The van der Waals surface area contributed by atoms with Crippen molar-refractivity contribution in [1.82, 2.24) is 19.6 Å². The monoisotopic (exact) mass is 276 g/mol. The van der Waals surface area contributed by atoms with Crippen LogP contribution >= 0.6 is 0 Å². The minimum absolute atomic E-state index is 0.255. The van der Waals surface area contributed by atoms with E-state index in [1.807, 2.05) is 0 Å². The highest BCUT2D eigenvalue weighted by molar-refractivity contribution is 5.49. The topological polar surface area (TPSA) is 101 Å². The van der Waals surface area contributed by atoms with E-state index in [1.54, 1.807) is 13.0 Å². The summed E-state index contributed by atoms with van der Waals surface area (Å²) in [5.74, 6) is 1.98. The Bertz CT molecular complexity index is 660. The summed E-state index contributed by atoms with van der Waals surface area (Å²) < 4.78 is 1.46. The Morgan fingerprint density at radius 2 is 2.40 bits per heavy atom. The molecule has 0 aliphatic heterocycles. The van der Waals surface area contributed by atoms with Gasteiger partial charge in [-0.1, -0.05) is 6.42 Å². The van der Waals surface area contributed by atoms with E-state index in [1.165, 1.54) is 17.2 Å². The number of hydrogen-bond acceptors (Lipinski definition) is 5. The van der Waals surface area contributed by atoms with E-state index >= 15 is 0 Å². The molecule has 3 rings (SSSR count). The number of anilines is 1. The van der Waals surface area contributed by atoms with Gasteiger partial charge in [0.25, 0.3) is 0 Å². The number of nitrogens with zero attached hydrogens (tertiary/aromatic N) is 3. The first-order valence-corrected chi connectivity index (χ1v) is 7.07. The Labute approximate surface area is 116 Å². The predicted molar refractivity (Wildman–Crippen MR) is 76.8 cm³/mol. The summed E-state index contributed by atoms with van der Waals surface area (Å²) in [5.41, 5.74) is 6.33. The first-order valence-electron chi connectivity index (χ1n) is 7.07. The van der Waals surface area contributed by atoms with Gasteiger partial charge in [-0.15, -0.1) is 0 Å². The maximum absolute atomic E-state index is 11.5. The van der Waals surface area contributed by atoms with Crippen LogP contribution in [0.5, 0.6) is 0 Å². The molecule has 7 nitrogen and oxygen atoms in total. The van der Waals surface area contributed by atoms with Crippen LogP contribution < -0.4 is 16.7 Å². The molecule has 1 aliphatic carbocycles. The fourth-order valence-corrected chi connectivity index (χ4v) is 2.96. The number of rotatable bonds is 3. The van der Waals surface area contributed by atoms with Crippen LogP contribution in [0.2, 0.25) is 0 Å². The van der Waals surface area contributed by atoms with E-state index in [0.29, 0.717) is 23.4 Å². The van der Waals surface area contributed by atoms with Crippen molar-refractivity contribution in [1.29, 1.82) is 0 Å². The number of aromatic nitrogens is 4. The van der Waals surface area contributed by atoms with Crippen molar-refractivity contribution in [3.8, 4) is 0 Å². The second kappa shape index (κ2) is 5.24. The molecule has 2 atom stereocenters. The van der Waals surface area contributed by atoms with Crippen LogP contribution in [-0.4, -0.2) is 32.2 Å². The van der Waals surface area contributed by atoms with E-state index in [0.717, 1.165) is 25.2 Å².